The molecule has 1 aliphatic heterocycles. The Labute approximate surface area is 125 Å². The first-order valence-electron chi connectivity index (χ1n) is 8.26. The van der Waals surface area contributed by atoms with Crippen molar-refractivity contribution >= 4 is 0 Å². The zero-order chi connectivity index (χ0) is 15.1. The van der Waals surface area contributed by atoms with Gasteiger partial charge in [0.05, 0.1) is 12.7 Å². The minimum Gasteiger partial charge on any atom is -0.377 e. The molecule has 1 fully saturated rings. The molecule has 0 aromatic rings. The van der Waals surface area contributed by atoms with Gasteiger partial charge < -0.3 is 14.2 Å². The van der Waals surface area contributed by atoms with E-state index in [0.717, 1.165) is 32.7 Å². The van der Waals surface area contributed by atoms with Crippen LogP contribution in [0, 0.1) is 23.7 Å². The maximum absolute atomic E-state index is 6.18. The van der Waals surface area contributed by atoms with Gasteiger partial charge in [0.15, 0.2) is 6.29 Å². The summed E-state index contributed by atoms with van der Waals surface area (Å²) in [6.45, 7) is 15.6. The lowest BCUT2D eigenvalue weighted by molar-refractivity contribution is -0.226. The summed E-state index contributed by atoms with van der Waals surface area (Å²) in [7, 11) is 0. The van der Waals surface area contributed by atoms with Gasteiger partial charge in [0, 0.05) is 19.1 Å². The Hall–Kier alpha value is -0.120. The number of hydrogen-bond acceptors (Lipinski definition) is 3. The molecule has 0 saturated carbocycles. The van der Waals surface area contributed by atoms with E-state index in [0.29, 0.717) is 23.7 Å². The smallest absolute Gasteiger partial charge is 0.162 e. The quantitative estimate of drug-likeness (QED) is 0.672. The first-order chi connectivity index (χ1) is 9.41. The van der Waals surface area contributed by atoms with Gasteiger partial charge in [-0.05, 0) is 30.6 Å². The summed E-state index contributed by atoms with van der Waals surface area (Å²) in [6.07, 6.45) is 2.39. The molecule has 20 heavy (non-hydrogen) atoms. The van der Waals surface area contributed by atoms with Crippen molar-refractivity contribution in [1.29, 1.82) is 0 Å². The summed E-state index contributed by atoms with van der Waals surface area (Å²) in [5.74, 6) is 1.96. The predicted molar refractivity (Wildman–Crippen MR) is 82.7 cm³/mol. The van der Waals surface area contributed by atoms with Crippen molar-refractivity contribution < 1.29 is 14.2 Å². The third kappa shape index (κ3) is 6.11. The molecular formula is C17H34O3. The minimum atomic E-state index is -0.0919. The van der Waals surface area contributed by atoms with E-state index in [1.165, 1.54) is 0 Å². The SMILES string of the molecule is CC(C)CO[C@H]1OCCC[C@@H]1[C@H](OCC(C)C)C(C)C. The third-order valence-electron chi connectivity index (χ3n) is 3.61. The first kappa shape index (κ1) is 17.9. The summed E-state index contributed by atoms with van der Waals surface area (Å²) in [5, 5.41) is 0. The van der Waals surface area contributed by atoms with Crippen molar-refractivity contribution in [1.82, 2.24) is 0 Å². The minimum absolute atomic E-state index is 0.0919. The molecule has 3 nitrogen and oxygen atoms in total. The second kappa shape index (κ2) is 9.01. The second-order valence-electron chi connectivity index (χ2n) is 7.21. The van der Waals surface area contributed by atoms with Crippen LogP contribution in [-0.2, 0) is 14.2 Å². The Morgan fingerprint density at radius 2 is 1.65 bits per heavy atom. The molecule has 0 aromatic carbocycles. The van der Waals surface area contributed by atoms with Crippen molar-refractivity contribution in [3.8, 4) is 0 Å². The zero-order valence-corrected chi connectivity index (χ0v) is 14.2. The lowest BCUT2D eigenvalue weighted by Gasteiger charge is -2.39. The van der Waals surface area contributed by atoms with Crippen LogP contribution >= 0.6 is 0 Å². The fraction of sp³-hybridized carbons (Fsp3) is 1.00. The highest BCUT2D eigenvalue weighted by molar-refractivity contribution is 4.79. The van der Waals surface area contributed by atoms with Crippen LogP contribution in [0.1, 0.15) is 54.4 Å². The number of ether oxygens (including phenoxy) is 3. The monoisotopic (exact) mass is 286 g/mol. The van der Waals surface area contributed by atoms with E-state index in [1.54, 1.807) is 0 Å². The maximum atomic E-state index is 6.18. The molecule has 0 bridgehead atoms. The fourth-order valence-electron chi connectivity index (χ4n) is 2.67. The van der Waals surface area contributed by atoms with Gasteiger partial charge in [0.25, 0.3) is 0 Å². The van der Waals surface area contributed by atoms with Gasteiger partial charge in [-0.3, -0.25) is 0 Å². The van der Waals surface area contributed by atoms with Crippen LogP contribution in [0.4, 0.5) is 0 Å². The lowest BCUT2D eigenvalue weighted by Crippen LogP contribution is -2.43. The molecular weight excluding hydrogens is 252 g/mol. The Morgan fingerprint density at radius 3 is 2.20 bits per heavy atom. The number of rotatable bonds is 8. The lowest BCUT2D eigenvalue weighted by atomic mass is 9.87. The van der Waals surface area contributed by atoms with Crippen molar-refractivity contribution in [3.63, 3.8) is 0 Å². The van der Waals surface area contributed by atoms with Crippen LogP contribution in [-0.4, -0.2) is 32.2 Å². The molecule has 1 aliphatic rings. The summed E-state index contributed by atoms with van der Waals surface area (Å²) in [6, 6.07) is 0. The average Bonchev–Trinajstić information content (AvgIpc) is 2.37. The van der Waals surface area contributed by atoms with E-state index in [2.05, 4.69) is 41.5 Å². The van der Waals surface area contributed by atoms with E-state index in [4.69, 9.17) is 14.2 Å². The van der Waals surface area contributed by atoms with Gasteiger partial charge in [0.1, 0.15) is 0 Å². The van der Waals surface area contributed by atoms with E-state index in [1.807, 2.05) is 0 Å². The highest BCUT2D eigenvalue weighted by Crippen LogP contribution is 2.31. The Kier molecular flexibility index (Phi) is 8.08. The van der Waals surface area contributed by atoms with Gasteiger partial charge in [-0.15, -0.1) is 0 Å². The van der Waals surface area contributed by atoms with Crippen LogP contribution in [0.25, 0.3) is 0 Å². The molecule has 1 heterocycles. The Balaban J connectivity index is 2.63. The molecule has 0 amide bonds. The van der Waals surface area contributed by atoms with Gasteiger partial charge in [-0.2, -0.15) is 0 Å². The standard InChI is InChI=1S/C17H34O3/c1-12(2)10-19-16(14(5)6)15-8-7-9-18-17(15)20-11-13(3)4/h12-17H,7-11H2,1-6H3/t15-,16-,17-/m1/s1. The molecule has 1 saturated heterocycles. The molecule has 3 atom stereocenters. The normalized spacial score (nSPS) is 25.6. The highest BCUT2D eigenvalue weighted by Gasteiger charge is 2.36. The summed E-state index contributed by atoms with van der Waals surface area (Å²) < 4.78 is 18.1. The largest absolute Gasteiger partial charge is 0.377 e. The van der Waals surface area contributed by atoms with Crippen LogP contribution < -0.4 is 0 Å². The predicted octanol–water partition coefficient (Wildman–Crippen LogP) is 4.11. The van der Waals surface area contributed by atoms with E-state index in [-0.39, 0.29) is 12.4 Å². The second-order valence-corrected chi connectivity index (χ2v) is 7.21. The zero-order valence-electron chi connectivity index (χ0n) is 14.2. The summed E-state index contributed by atoms with van der Waals surface area (Å²) in [5.41, 5.74) is 0. The molecule has 0 radical (unpaired) electrons. The van der Waals surface area contributed by atoms with Gasteiger partial charge in [0.2, 0.25) is 0 Å². The van der Waals surface area contributed by atoms with Crippen LogP contribution in [0.5, 0.6) is 0 Å². The fourth-order valence-corrected chi connectivity index (χ4v) is 2.67. The molecule has 1 rings (SSSR count). The molecule has 0 spiro atoms. The van der Waals surface area contributed by atoms with Gasteiger partial charge in [-0.25, -0.2) is 0 Å². The molecule has 0 unspecified atom stereocenters. The Morgan fingerprint density at radius 1 is 1.00 bits per heavy atom. The van der Waals surface area contributed by atoms with Crippen LogP contribution in [0.3, 0.4) is 0 Å². The van der Waals surface area contributed by atoms with Crippen molar-refractivity contribution in [2.24, 2.45) is 23.7 Å². The van der Waals surface area contributed by atoms with Gasteiger partial charge in [-0.1, -0.05) is 41.5 Å². The average molecular weight is 286 g/mol. The van der Waals surface area contributed by atoms with Crippen molar-refractivity contribution in [2.75, 3.05) is 19.8 Å². The molecule has 0 N–H and O–H groups in total. The summed E-state index contributed by atoms with van der Waals surface area (Å²) >= 11 is 0. The van der Waals surface area contributed by atoms with Crippen molar-refractivity contribution in [2.45, 2.75) is 66.8 Å². The van der Waals surface area contributed by atoms with Crippen LogP contribution in [0.2, 0.25) is 0 Å². The molecule has 120 valence electrons. The Bertz CT molecular complexity index is 251. The maximum Gasteiger partial charge on any atom is 0.162 e. The number of hydrogen-bond donors (Lipinski definition) is 0. The topological polar surface area (TPSA) is 27.7 Å². The van der Waals surface area contributed by atoms with Gasteiger partial charge >= 0.3 is 0 Å². The third-order valence-corrected chi connectivity index (χ3v) is 3.61. The van der Waals surface area contributed by atoms with Crippen molar-refractivity contribution in [3.05, 3.63) is 0 Å². The molecule has 0 aliphatic carbocycles. The highest BCUT2D eigenvalue weighted by atomic mass is 16.7. The molecule has 3 heteroatoms. The van der Waals surface area contributed by atoms with Crippen LogP contribution in [0.15, 0.2) is 0 Å². The van der Waals surface area contributed by atoms with E-state index >= 15 is 0 Å². The summed E-state index contributed by atoms with van der Waals surface area (Å²) in [4.78, 5) is 0. The first-order valence-corrected chi connectivity index (χ1v) is 8.26. The van der Waals surface area contributed by atoms with E-state index < -0.39 is 0 Å². The van der Waals surface area contributed by atoms with E-state index in [9.17, 15) is 0 Å². The molecule has 0 aromatic heterocycles.